The van der Waals surface area contributed by atoms with Crippen LogP contribution in [0.5, 0.6) is 0 Å². The van der Waals surface area contributed by atoms with Crippen LogP contribution in [0.2, 0.25) is 0 Å². The van der Waals surface area contributed by atoms with Crippen molar-refractivity contribution in [2.75, 3.05) is 0 Å². The van der Waals surface area contributed by atoms with Gasteiger partial charge in [-0.05, 0) is 44.4 Å². The zero-order valence-electron chi connectivity index (χ0n) is 10.2. The van der Waals surface area contributed by atoms with Crippen molar-refractivity contribution in [3.8, 4) is 5.40 Å². The predicted octanol–water partition coefficient (Wildman–Crippen LogP) is 3.84. The Morgan fingerprint density at radius 1 is 1.25 bits per heavy atom. The molecule has 1 rings (SSSR count). The fraction of sp³-hybridized carbons (Fsp3) is 0.917. The maximum atomic E-state index is 8.85. The average molecular weight is 258 g/mol. The van der Waals surface area contributed by atoms with Gasteiger partial charge in [-0.3, -0.25) is 5.09 Å². The molecule has 4 heteroatoms. The quantitative estimate of drug-likeness (QED) is 0.604. The molecule has 0 saturated heterocycles. The Bertz CT molecular complexity index is 228. The van der Waals surface area contributed by atoms with E-state index < -0.39 is 0 Å². The SMILES string of the molecule is CC1(SC#N)CCCCC(NP)CCCC1. The fourth-order valence-corrected chi connectivity index (χ4v) is 3.47. The summed E-state index contributed by atoms with van der Waals surface area (Å²) in [6.45, 7) is 2.26. The average Bonchev–Trinajstić information content (AvgIpc) is 2.28. The summed E-state index contributed by atoms with van der Waals surface area (Å²) < 4.78 is 0.204. The van der Waals surface area contributed by atoms with Crippen molar-refractivity contribution >= 4 is 21.2 Å². The van der Waals surface area contributed by atoms with E-state index in [0.29, 0.717) is 6.04 Å². The Labute approximate surface area is 106 Å². The van der Waals surface area contributed by atoms with E-state index in [4.69, 9.17) is 5.26 Å². The molecule has 92 valence electrons. The van der Waals surface area contributed by atoms with Gasteiger partial charge in [0.2, 0.25) is 0 Å². The van der Waals surface area contributed by atoms with Crippen molar-refractivity contribution in [3.63, 3.8) is 0 Å². The normalized spacial score (nSPS) is 32.9. The highest BCUT2D eigenvalue weighted by molar-refractivity contribution is 8.05. The largest absolute Gasteiger partial charge is 0.298 e. The third-order valence-electron chi connectivity index (χ3n) is 3.54. The molecule has 1 aliphatic carbocycles. The monoisotopic (exact) mass is 258 g/mol. The summed E-state index contributed by atoms with van der Waals surface area (Å²) in [7, 11) is 2.65. The van der Waals surface area contributed by atoms with Crippen LogP contribution in [-0.4, -0.2) is 10.8 Å². The topological polar surface area (TPSA) is 35.8 Å². The molecule has 0 amide bonds. The zero-order chi connectivity index (χ0) is 11.9. The minimum atomic E-state index is 0.204. The van der Waals surface area contributed by atoms with Crippen molar-refractivity contribution in [2.45, 2.75) is 69.1 Å². The summed E-state index contributed by atoms with van der Waals surface area (Å²) in [6, 6.07) is 0.679. The third kappa shape index (κ3) is 5.04. The van der Waals surface area contributed by atoms with Crippen LogP contribution in [0.15, 0.2) is 0 Å². The number of nitrogens with one attached hydrogen (secondary N) is 1. The van der Waals surface area contributed by atoms with Crippen LogP contribution in [0.25, 0.3) is 0 Å². The first-order valence-corrected chi connectivity index (χ1v) is 7.63. The third-order valence-corrected chi connectivity index (χ3v) is 5.01. The van der Waals surface area contributed by atoms with E-state index in [2.05, 4.69) is 26.8 Å². The van der Waals surface area contributed by atoms with Gasteiger partial charge in [0.15, 0.2) is 0 Å². The Kier molecular flexibility index (Phi) is 6.73. The molecule has 1 N–H and O–H groups in total. The summed E-state index contributed by atoms with van der Waals surface area (Å²) in [5, 5.41) is 14.5. The van der Waals surface area contributed by atoms with Crippen molar-refractivity contribution < 1.29 is 0 Å². The van der Waals surface area contributed by atoms with E-state index >= 15 is 0 Å². The maximum Gasteiger partial charge on any atom is 0.133 e. The van der Waals surface area contributed by atoms with Gasteiger partial charge in [-0.1, -0.05) is 35.1 Å². The molecule has 1 unspecified atom stereocenters. The van der Waals surface area contributed by atoms with E-state index in [9.17, 15) is 0 Å². The molecule has 0 aromatic heterocycles. The van der Waals surface area contributed by atoms with Gasteiger partial charge in [0.25, 0.3) is 0 Å². The number of thioether (sulfide) groups is 1. The highest BCUT2D eigenvalue weighted by Crippen LogP contribution is 2.36. The second-order valence-corrected chi connectivity index (χ2v) is 6.70. The molecule has 2 nitrogen and oxygen atoms in total. The van der Waals surface area contributed by atoms with Crippen LogP contribution >= 0.6 is 21.2 Å². The summed E-state index contributed by atoms with van der Waals surface area (Å²) in [6.07, 6.45) is 10.0. The summed E-state index contributed by atoms with van der Waals surface area (Å²) in [5.41, 5.74) is 0. The Hall–Kier alpha value is 0.230. The summed E-state index contributed by atoms with van der Waals surface area (Å²) >= 11 is 1.49. The van der Waals surface area contributed by atoms with Crippen LogP contribution in [0.1, 0.15) is 58.3 Å². The molecule has 1 fully saturated rings. The lowest BCUT2D eigenvalue weighted by molar-refractivity contribution is 0.411. The Balaban J connectivity index is 2.44. The second-order valence-electron chi connectivity index (χ2n) is 5.00. The summed E-state index contributed by atoms with van der Waals surface area (Å²) in [5.74, 6) is 0. The van der Waals surface area contributed by atoms with Crippen molar-refractivity contribution in [3.05, 3.63) is 0 Å². The highest BCUT2D eigenvalue weighted by Gasteiger charge is 2.25. The number of hydrogen-bond acceptors (Lipinski definition) is 3. The van der Waals surface area contributed by atoms with E-state index in [-0.39, 0.29) is 4.75 Å². The number of thiocyanates is 1. The van der Waals surface area contributed by atoms with Gasteiger partial charge in [0.1, 0.15) is 5.40 Å². The second kappa shape index (κ2) is 7.54. The molecule has 0 aromatic rings. The van der Waals surface area contributed by atoms with Crippen LogP contribution < -0.4 is 5.09 Å². The Morgan fingerprint density at radius 2 is 1.81 bits per heavy atom. The fourth-order valence-electron chi connectivity index (χ4n) is 2.43. The lowest BCUT2D eigenvalue weighted by Gasteiger charge is -2.28. The van der Waals surface area contributed by atoms with Crippen LogP contribution in [0, 0.1) is 10.7 Å². The molecule has 0 aliphatic heterocycles. The molecule has 1 atom stereocenters. The van der Waals surface area contributed by atoms with Gasteiger partial charge < -0.3 is 0 Å². The molecular weight excluding hydrogens is 235 g/mol. The molecule has 16 heavy (non-hydrogen) atoms. The lowest BCUT2D eigenvalue weighted by Crippen LogP contribution is -2.24. The molecule has 0 aromatic carbocycles. The van der Waals surface area contributed by atoms with Gasteiger partial charge >= 0.3 is 0 Å². The van der Waals surface area contributed by atoms with Crippen molar-refractivity contribution in [2.24, 2.45) is 0 Å². The van der Waals surface area contributed by atoms with E-state index in [1.165, 1.54) is 63.1 Å². The molecular formula is C12H23N2PS. The van der Waals surface area contributed by atoms with Gasteiger partial charge in [-0.25, -0.2) is 0 Å². The molecule has 0 spiro atoms. The van der Waals surface area contributed by atoms with Gasteiger partial charge in [-0.15, -0.1) is 0 Å². The van der Waals surface area contributed by atoms with Crippen LogP contribution in [0.4, 0.5) is 0 Å². The molecule has 0 radical (unpaired) electrons. The highest BCUT2D eigenvalue weighted by atomic mass is 32.2. The first-order valence-electron chi connectivity index (χ1n) is 6.23. The maximum absolute atomic E-state index is 8.85. The van der Waals surface area contributed by atoms with E-state index in [0.717, 1.165) is 0 Å². The zero-order valence-corrected chi connectivity index (χ0v) is 12.1. The molecule has 0 heterocycles. The smallest absolute Gasteiger partial charge is 0.133 e. The van der Waals surface area contributed by atoms with Gasteiger partial charge in [0.05, 0.1) is 0 Å². The van der Waals surface area contributed by atoms with E-state index in [1.807, 2.05) is 0 Å². The van der Waals surface area contributed by atoms with Crippen molar-refractivity contribution in [1.82, 2.24) is 5.09 Å². The van der Waals surface area contributed by atoms with Gasteiger partial charge in [-0.2, -0.15) is 5.26 Å². The summed E-state index contributed by atoms with van der Waals surface area (Å²) in [4.78, 5) is 0. The standard InChI is InChI=1S/C12H23N2PS/c1-12(16-10-13)8-4-2-6-11(14-15)7-3-5-9-12/h11,14H,2-9,15H2,1H3. The van der Waals surface area contributed by atoms with Crippen LogP contribution in [-0.2, 0) is 0 Å². The Morgan fingerprint density at radius 3 is 2.25 bits per heavy atom. The predicted molar refractivity (Wildman–Crippen MR) is 75.2 cm³/mol. The van der Waals surface area contributed by atoms with Gasteiger partial charge in [0, 0.05) is 10.8 Å². The minimum absolute atomic E-state index is 0.204. The number of nitrogens with zero attached hydrogens (tertiary/aromatic N) is 1. The first kappa shape index (κ1) is 14.3. The minimum Gasteiger partial charge on any atom is -0.298 e. The number of rotatable bonds is 2. The van der Waals surface area contributed by atoms with E-state index in [1.54, 1.807) is 0 Å². The molecule has 1 saturated carbocycles. The first-order chi connectivity index (χ1) is 7.70. The molecule has 0 bridgehead atoms. The number of hydrogen-bond donors (Lipinski definition) is 1. The lowest BCUT2D eigenvalue weighted by atomic mass is 9.91. The van der Waals surface area contributed by atoms with Crippen molar-refractivity contribution in [1.29, 1.82) is 5.26 Å². The van der Waals surface area contributed by atoms with Crippen LogP contribution in [0.3, 0.4) is 0 Å². The number of nitriles is 1. The molecule has 1 aliphatic rings.